The Labute approximate surface area is 168 Å². The summed E-state index contributed by atoms with van der Waals surface area (Å²) in [6.45, 7) is 0. The van der Waals surface area contributed by atoms with Gasteiger partial charge in [0.15, 0.2) is 5.82 Å². The highest BCUT2D eigenvalue weighted by Gasteiger charge is 2.51. The summed E-state index contributed by atoms with van der Waals surface area (Å²) < 4.78 is 5.80. The van der Waals surface area contributed by atoms with Crippen LogP contribution in [0.2, 0.25) is 0 Å². The fourth-order valence-corrected chi connectivity index (χ4v) is 5.37. The molecule has 2 aromatic rings. The summed E-state index contributed by atoms with van der Waals surface area (Å²) in [6, 6.07) is 4.17. The number of anilines is 2. The maximum atomic E-state index is 12.6. The number of rotatable bonds is 3. The van der Waals surface area contributed by atoms with Crippen LogP contribution in [0.1, 0.15) is 72.2 Å². The summed E-state index contributed by atoms with van der Waals surface area (Å²) in [5.41, 5.74) is 5.32. The molecule has 1 aromatic heterocycles. The molecule has 2 amide bonds. The largest absolute Gasteiger partial charge is 0.496 e. The van der Waals surface area contributed by atoms with E-state index in [1.807, 2.05) is 7.05 Å². The molecular formula is C22H24N4O3. The molecule has 0 bridgehead atoms. The maximum absolute atomic E-state index is 12.6. The Balaban J connectivity index is 1.52. The van der Waals surface area contributed by atoms with E-state index in [1.165, 1.54) is 12.0 Å². The van der Waals surface area contributed by atoms with Gasteiger partial charge in [-0.25, -0.2) is 0 Å². The van der Waals surface area contributed by atoms with Gasteiger partial charge in [0.2, 0.25) is 11.8 Å². The third kappa shape index (κ3) is 2.33. The number of amides is 2. The molecule has 2 N–H and O–H groups in total. The lowest BCUT2D eigenvalue weighted by Gasteiger charge is -2.32. The van der Waals surface area contributed by atoms with E-state index >= 15 is 0 Å². The third-order valence-electron chi connectivity index (χ3n) is 7.30. The highest BCUT2D eigenvalue weighted by Crippen LogP contribution is 2.57. The van der Waals surface area contributed by atoms with Crippen molar-refractivity contribution in [3.05, 3.63) is 34.5 Å². The second-order valence-electron chi connectivity index (χ2n) is 8.83. The second kappa shape index (κ2) is 5.84. The van der Waals surface area contributed by atoms with E-state index in [4.69, 9.17) is 4.74 Å². The van der Waals surface area contributed by atoms with Crippen molar-refractivity contribution in [3.8, 4) is 5.75 Å². The van der Waals surface area contributed by atoms with Gasteiger partial charge >= 0.3 is 0 Å². The second-order valence-corrected chi connectivity index (χ2v) is 8.83. The summed E-state index contributed by atoms with van der Waals surface area (Å²) in [7, 11) is 3.53. The van der Waals surface area contributed by atoms with Crippen LogP contribution < -0.4 is 15.0 Å². The first-order chi connectivity index (χ1) is 14.1. The SMILES string of the molecule is COc1cc2c(cc1C1CC(=O)Nc3n[nH]c(C4CCC4)c31)N(C)C(=O)C1CC21. The molecule has 3 unspecified atom stereocenters. The number of ether oxygens (including phenoxy) is 1. The lowest BCUT2D eigenvalue weighted by atomic mass is 9.76. The number of aromatic amines is 1. The van der Waals surface area contributed by atoms with Crippen molar-refractivity contribution in [1.82, 2.24) is 10.2 Å². The minimum atomic E-state index is -0.131. The summed E-state index contributed by atoms with van der Waals surface area (Å²) in [5.74, 6) is 2.36. The van der Waals surface area contributed by atoms with Crippen LogP contribution >= 0.6 is 0 Å². The van der Waals surface area contributed by atoms with Gasteiger partial charge < -0.3 is 15.0 Å². The average Bonchev–Trinajstić information content (AvgIpc) is 3.38. The molecule has 6 rings (SSSR count). The summed E-state index contributed by atoms with van der Waals surface area (Å²) in [4.78, 5) is 26.8. The van der Waals surface area contributed by atoms with Crippen LogP contribution in [0.3, 0.4) is 0 Å². The van der Waals surface area contributed by atoms with E-state index in [9.17, 15) is 9.59 Å². The highest BCUT2D eigenvalue weighted by molar-refractivity contribution is 6.01. The fraction of sp³-hybridized carbons (Fsp3) is 0.500. The Hall–Kier alpha value is -2.83. The number of carbonyl (C=O) groups excluding carboxylic acids is 2. The first-order valence-corrected chi connectivity index (χ1v) is 10.4. The van der Waals surface area contributed by atoms with Gasteiger partial charge in [-0.3, -0.25) is 14.7 Å². The molecule has 2 fully saturated rings. The molecule has 0 saturated heterocycles. The third-order valence-corrected chi connectivity index (χ3v) is 7.30. The van der Waals surface area contributed by atoms with Gasteiger partial charge in [0, 0.05) is 53.7 Å². The molecule has 7 heteroatoms. The number of hydrogen-bond acceptors (Lipinski definition) is 4. The van der Waals surface area contributed by atoms with E-state index in [1.54, 1.807) is 12.0 Å². The number of H-pyrrole nitrogens is 1. The minimum absolute atomic E-state index is 0.0411. The number of nitrogens with zero attached hydrogens (tertiary/aromatic N) is 2. The first kappa shape index (κ1) is 17.1. The van der Waals surface area contributed by atoms with Crippen molar-refractivity contribution >= 4 is 23.3 Å². The molecule has 7 nitrogen and oxygen atoms in total. The number of methoxy groups -OCH3 is 1. The van der Waals surface area contributed by atoms with Crippen molar-refractivity contribution in [1.29, 1.82) is 0 Å². The highest BCUT2D eigenvalue weighted by atomic mass is 16.5. The molecule has 2 aliphatic heterocycles. The lowest BCUT2D eigenvalue weighted by molar-refractivity contribution is -0.120. The molecule has 1 aromatic carbocycles. The van der Waals surface area contributed by atoms with E-state index in [-0.39, 0.29) is 23.7 Å². The van der Waals surface area contributed by atoms with E-state index < -0.39 is 0 Å². The van der Waals surface area contributed by atoms with E-state index in [2.05, 4.69) is 27.6 Å². The Morgan fingerprint density at radius 1 is 1.17 bits per heavy atom. The van der Waals surface area contributed by atoms with Gasteiger partial charge in [0.05, 0.1) is 7.11 Å². The standard InChI is InChI=1S/C22H24N4O3/c1-26-16-7-13(17(29-2)8-12(16)11-6-15(11)22(26)28)14-9-18(27)23-21-19(14)20(24-25-21)10-4-3-5-10/h7-8,10-11,14-15H,3-6,9H2,1-2H3,(H2,23,24,25,27). The Morgan fingerprint density at radius 3 is 2.72 bits per heavy atom. The molecule has 0 spiro atoms. The maximum Gasteiger partial charge on any atom is 0.230 e. The van der Waals surface area contributed by atoms with Crippen LogP contribution in [0.15, 0.2) is 12.1 Å². The fourth-order valence-electron chi connectivity index (χ4n) is 5.37. The molecule has 0 radical (unpaired) electrons. The number of carbonyl (C=O) groups is 2. The Morgan fingerprint density at radius 2 is 2.00 bits per heavy atom. The van der Waals surface area contributed by atoms with Crippen LogP contribution in [0.4, 0.5) is 11.5 Å². The van der Waals surface area contributed by atoms with Gasteiger partial charge in [-0.1, -0.05) is 6.42 Å². The van der Waals surface area contributed by atoms with Gasteiger partial charge in [-0.05, 0) is 42.9 Å². The molecule has 2 saturated carbocycles. The van der Waals surface area contributed by atoms with Gasteiger partial charge in [-0.2, -0.15) is 5.10 Å². The van der Waals surface area contributed by atoms with Crippen LogP contribution in [-0.2, 0) is 9.59 Å². The van der Waals surface area contributed by atoms with Crippen molar-refractivity contribution in [2.24, 2.45) is 5.92 Å². The molecule has 3 atom stereocenters. The first-order valence-electron chi connectivity index (χ1n) is 10.4. The molecule has 29 heavy (non-hydrogen) atoms. The average molecular weight is 392 g/mol. The van der Waals surface area contributed by atoms with Crippen LogP contribution in [0.25, 0.3) is 0 Å². The van der Waals surface area contributed by atoms with Crippen molar-refractivity contribution in [2.45, 2.75) is 49.9 Å². The zero-order chi connectivity index (χ0) is 19.9. The number of aromatic nitrogens is 2. The van der Waals surface area contributed by atoms with Crippen molar-refractivity contribution in [2.75, 3.05) is 24.4 Å². The molecular weight excluding hydrogens is 368 g/mol. The van der Waals surface area contributed by atoms with Crippen molar-refractivity contribution in [3.63, 3.8) is 0 Å². The van der Waals surface area contributed by atoms with Gasteiger partial charge in [0.1, 0.15) is 5.75 Å². The number of nitrogens with one attached hydrogen (secondary N) is 2. The van der Waals surface area contributed by atoms with Crippen LogP contribution in [-0.4, -0.2) is 36.2 Å². The smallest absolute Gasteiger partial charge is 0.230 e. The topological polar surface area (TPSA) is 87.3 Å². The molecule has 3 heterocycles. The quantitative estimate of drug-likeness (QED) is 0.839. The predicted molar refractivity (Wildman–Crippen MR) is 108 cm³/mol. The zero-order valence-corrected chi connectivity index (χ0v) is 16.6. The normalized spacial score (nSPS) is 27.5. The number of benzene rings is 1. The Bertz CT molecular complexity index is 1050. The summed E-state index contributed by atoms with van der Waals surface area (Å²) >= 11 is 0. The van der Waals surface area contributed by atoms with Gasteiger partial charge in [-0.15, -0.1) is 0 Å². The summed E-state index contributed by atoms with van der Waals surface area (Å²) in [6.07, 6.45) is 4.80. The van der Waals surface area contributed by atoms with Crippen LogP contribution in [0, 0.1) is 5.92 Å². The molecule has 150 valence electrons. The summed E-state index contributed by atoms with van der Waals surface area (Å²) in [5, 5.41) is 10.5. The predicted octanol–water partition coefficient (Wildman–Crippen LogP) is 3.24. The monoisotopic (exact) mass is 392 g/mol. The minimum Gasteiger partial charge on any atom is -0.496 e. The Kier molecular flexibility index (Phi) is 3.44. The number of hydrogen-bond donors (Lipinski definition) is 2. The number of fused-ring (bicyclic) bond motifs is 4. The molecule has 4 aliphatic rings. The van der Waals surface area contributed by atoms with Crippen LogP contribution in [0.5, 0.6) is 5.75 Å². The van der Waals surface area contributed by atoms with E-state index in [0.29, 0.717) is 24.1 Å². The molecule has 2 aliphatic carbocycles. The van der Waals surface area contributed by atoms with Gasteiger partial charge in [0.25, 0.3) is 0 Å². The zero-order valence-electron chi connectivity index (χ0n) is 16.6. The van der Waals surface area contributed by atoms with E-state index in [0.717, 1.165) is 47.5 Å². The lowest BCUT2D eigenvalue weighted by Crippen LogP contribution is -2.32. The van der Waals surface area contributed by atoms with Crippen molar-refractivity contribution < 1.29 is 14.3 Å².